The average molecular weight is 285 g/mol. The molecule has 0 fully saturated rings. The van der Waals surface area contributed by atoms with Crippen molar-refractivity contribution in [3.05, 3.63) is 83.9 Å². The molecule has 0 N–H and O–H groups in total. The van der Waals surface area contributed by atoms with Crippen LogP contribution in [0.2, 0.25) is 0 Å². The van der Waals surface area contributed by atoms with Crippen molar-refractivity contribution < 1.29 is 21.7 Å². The second-order valence-electron chi connectivity index (χ2n) is 3.54. The molecule has 2 rings (SSSR count). The van der Waals surface area contributed by atoms with E-state index in [-0.39, 0.29) is 32.7 Å². The Morgan fingerprint density at radius 2 is 0.889 bits per heavy atom. The molecule has 2 aromatic rings. The molecular formula is C16H17SiTi+2. The van der Waals surface area contributed by atoms with E-state index in [1.807, 2.05) is 36.4 Å². The van der Waals surface area contributed by atoms with Crippen LogP contribution >= 0.6 is 0 Å². The maximum atomic E-state index is 2.10. The van der Waals surface area contributed by atoms with E-state index < -0.39 is 0 Å². The average Bonchev–Trinajstić information content (AvgIpc) is 2.37. The minimum absolute atomic E-state index is 0. The summed E-state index contributed by atoms with van der Waals surface area (Å²) in [6, 6.07) is 20.6. The molecule has 1 radical (unpaired) electrons. The molecule has 2 aromatic carbocycles. The van der Waals surface area contributed by atoms with Gasteiger partial charge < -0.3 is 0 Å². The van der Waals surface area contributed by atoms with Gasteiger partial charge in [-0.1, -0.05) is 85.0 Å². The number of hydrogen-bond donors (Lipinski definition) is 0. The van der Waals surface area contributed by atoms with Gasteiger partial charge in [0.05, 0.1) is 0 Å². The van der Waals surface area contributed by atoms with Crippen molar-refractivity contribution in [1.29, 1.82) is 0 Å². The molecule has 0 bridgehead atoms. The maximum absolute atomic E-state index is 2.10. The first-order valence-corrected chi connectivity index (χ1v) is 5.40. The van der Waals surface area contributed by atoms with Gasteiger partial charge in [0.2, 0.25) is 0 Å². The molecule has 0 aliphatic heterocycles. The summed E-state index contributed by atoms with van der Waals surface area (Å²) >= 11 is 0. The van der Waals surface area contributed by atoms with Crippen molar-refractivity contribution in [3.8, 4) is 0 Å². The van der Waals surface area contributed by atoms with Gasteiger partial charge in [0.1, 0.15) is 0 Å². The largest absolute Gasteiger partial charge is 2.00 e. The van der Waals surface area contributed by atoms with Gasteiger partial charge in [0.15, 0.2) is 0 Å². The monoisotopic (exact) mass is 285 g/mol. The molecule has 2 heteroatoms. The minimum Gasteiger partial charge on any atom is -0.0622 e. The predicted molar refractivity (Wildman–Crippen MR) is 80.9 cm³/mol. The van der Waals surface area contributed by atoms with Crippen LogP contribution in [0, 0.1) is 0 Å². The summed E-state index contributed by atoms with van der Waals surface area (Å²) in [6.07, 6.45) is 8.31. The Bertz CT molecular complexity index is 427. The normalized spacial score (nSPS) is 10.0. The Labute approximate surface area is 128 Å². The van der Waals surface area contributed by atoms with E-state index in [2.05, 4.69) is 48.6 Å². The SMILES string of the molecule is C(C=Cc1ccccc1)=Cc1ccccc1.[SiH3].[Ti+2]. The fourth-order valence-corrected chi connectivity index (χ4v) is 1.46. The van der Waals surface area contributed by atoms with Crippen LogP contribution in [0.4, 0.5) is 0 Å². The summed E-state index contributed by atoms with van der Waals surface area (Å²) in [4.78, 5) is 0. The van der Waals surface area contributed by atoms with Crippen LogP contribution in [0.1, 0.15) is 11.1 Å². The molecule has 18 heavy (non-hydrogen) atoms. The molecule has 0 spiro atoms. The van der Waals surface area contributed by atoms with E-state index in [4.69, 9.17) is 0 Å². The number of benzene rings is 2. The van der Waals surface area contributed by atoms with Gasteiger partial charge in [-0.25, -0.2) is 0 Å². The Kier molecular flexibility index (Phi) is 9.21. The van der Waals surface area contributed by atoms with Gasteiger partial charge in [0, 0.05) is 0 Å². The molecule has 0 aromatic heterocycles. The first kappa shape index (κ1) is 16.9. The molecular weight excluding hydrogens is 268 g/mol. The van der Waals surface area contributed by atoms with E-state index in [1.54, 1.807) is 0 Å². The Hall–Kier alpha value is -1.15. The van der Waals surface area contributed by atoms with Crippen molar-refractivity contribution in [2.45, 2.75) is 0 Å². The van der Waals surface area contributed by atoms with Crippen molar-refractivity contribution >= 4 is 23.1 Å². The standard InChI is InChI=1S/C16H14.H3Si.Ti/c1-3-9-15(10-4-1)13-7-8-14-16-11-5-2-6-12-16;;/h1-14H;1H3;/q;;+2. The Morgan fingerprint density at radius 1 is 0.556 bits per heavy atom. The fourth-order valence-electron chi connectivity index (χ4n) is 1.46. The van der Waals surface area contributed by atoms with Crippen molar-refractivity contribution in [1.82, 2.24) is 0 Å². The molecule has 0 amide bonds. The summed E-state index contributed by atoms with van der Waals surface area (Å²) in [5.74, 6) is 0. The maximum Gasteiger partial charge on any atom is 2.00 e. The predicted octanol–water partition coefficient (Wildman–Crippen LogP) is 3.23. The molecule has 0 aliphatic carbocycles. The quantitative estimate of drug-likeness (QED) is 0.600. The van der Waals surface area contributed by atoms with Crippen LogP contribution in [-0.4, -0.2) is 11.0 Å². The Balaban J connectivity index is 0.00000144. The molecule has 0 aliphatic rings. The smallest absolute Gasteiger partial charge is 0.0622 e. The molecule has 0 unspecified atom stereocenters. The van der Waals surface area contributed by atoms with E-state index in [1.165, 1.54) is 11.1 Å². The first-order chi connectivity index (χ1) is 7.95. The summed E-state index contributed by atoms with van der Waals surface area (Å²) in [7, 11) is 0. The second kappa shape index (κ2) is 9.84. The van der Waals surface area contributed by atoms with Crippen molar-refractivity contribution in [2.75, 3.05) is 0 Å². The summed E-state index contributed by atoms with van der Waals surface area (Å²) in [5, 5.41) is 0. The summed E-state index contributed by atoms with van der Waals surface area (Å²) < 4.78 is 0. The van der Waals surface area contributed by atoms with Crippen LogP contribution in [0.5, 0.6) is 0 Å². The number of allylic oxidation sites excluding steroid dienone is 2. The zero-order chi connectivity index (χ0) is 11.1. The molecule has 0 heterocycles. The number of hydrogen-bond acceptors (Lipinski definition) is 0. The van der Waals surface area contributed by atoms with Gasteiger partial charge >= 0.3 is 21.7 Å². The van der Waals surface area contributed by atoms with Gasteiger partial charge in [-0.2, -0.15) is 0 Å². The molecule has 0 atom stereocenters. The van der Waals surface area contributed by atoms with Crippen LogP contribution < -0.4 is 0 Å². The fraction of sp³-hybridized carbons (Fsp3) is 0. The third-order valence-corrected chi connectivity index (χ3v) is 2.29. The molecule has 0 saturated carbocycles. The van der Waals surface area contributed by atoms with E-state index in [9.17, 15) is 0 Å². The van der Waals surface area contributed by atoms with E-state index in [0.717, 1.165) is 0 Å². The first-order valence-electron chi connectivity index (χ1n) is 5.40. The van der Waals surface area contributed by atoms with Gasteiger partial charge in [-0.15, -0.1) is 0 Å². The summed E-state index contributed by atoms with van der Waals surface area (Å²) in [5.41, 5.74) is 2.44. The van der Waals surface area contributed by atoms with Gasteiger partial charge in [0.25, 0.3) is 0 Å². The Morgan fingerprint density at radius 3 is 1.22 bits per heavy atom. The van der Waals surface area contributed by atoms with Crippen molar-refractivity contribution in [2.24, 2.45) is 0 Å². The van der Waals surface area contributed by atoms with Gasteiger partial charge in [-0.05, 0) is 22.1 Å². The van der Waals surface area contributed by atoms with E-state index >= 15 is 0 Å². The van der Waals surface area contributed by atoms with Crippen LogP contribution in [0.15, 0.2) is 72.8 Å². The molecule has 0 nitrogen and oxygen atoms in total. The molecule has 87 valence electrons. The van der Waals surface area contributed by atoms with Gasteiger partial charge in [-0.3, -0.25) is 0 Å². The van der Waals surface area contributed by atoms with Crippen LogP contribution in [0.25, 0.3) is 12.2 Å². The number of rotatable bonds is 3. The third-order valence-electron chi connectivity index (χ3n) is 2.29. The van der Waals surface area contributed by atoms with Crippen LogP contribution in [0.3, 0.4) is 0 Å². The summed E-state index contributed by atoms with van der Waals surface area (Å²) in [6.45, 7) is 0. The zero-order valence-corrected chi connectivity index (χ0v) is 14.1. The third kappa shape index (κ3) is 5.97. The topological polar surface area (TPSA) is 0 Å². The molecule has 0 saturated heterocycles. The minimum atomic E-state index is 0. The second-order valence-corrected chi connectivity index (χ2v) is 3.54. The van der Waals surface area contributed by atoms with Crippen molar-refractivity contribution in [3.63, 3.8) is 0 Å². The van der Waals surface area contributed by atoms with E-state index in [0.29, 0.717) is 0 Å². The van der Waals surface area contributed by atoms with Crippen LogP contribution in [-0.2, 0) is 21.7 Å². The zero-order valence-electron chi connectivity index (χ0n) is 10.6.